The summed E-state index contributed by atoms with van der Waals surface area (Å²) < 4.78 is 18.8. The number of aromatic nitrogens is 2. The summed E-state index contributed by atoms with van der Waals surface area (Å²) >= 11 is 0. The lowest BCUT2D eigenvalue weighted by atomic mass is 9.53. The zero-order chi connectivity index (χ0) is 27.9. The summed E-state index contributed by atoms with van der Waals surface area (Å²) in [7, 11) is 1.68. The molecule has 8 heteroatoms. The predicted octanol–water partition coefficient (Wildman–Crippen LogP) is 5.28. The van der Waals surface area contributed by atoms with Gasteiger partial charge in [-0.3, -0.25) is 4.79 Å². The van der Waals surface area contributed by atoms with Gasteiger partial charge in [-0.25, -0.2) is 4.52 Å². The summed E-state index contributed by atoms with van der Waals surface area (Å²) in [4.78, 5) is 13.0. The topological polar surface area (TPSA) is 94.3 Å². The van der Waals surface area contributed by atoms with Crippen molar-refractivity contribution in [2.24, 2.45) is 5.41 Å². The van der Waals surface area contributed by atoms with E-state index in [1.807, 2.05) is 36.4 Å². The van der Waals surface area contributed by atoms with E-state index in [9.17, 15) is 9.90 Å². The minimum atomic E-state index is -0.930. The van der Waals surface area contributed by atoms with Crippen molar-refractivity contribution in [1.29, 1.82) is 0 Å². The van der Waals surface area contributed by atoms with Crippen LogP contribution in [0.2, 0.25) is 0 Å². The molecular weight excluding hydrogens is 506 g/mol. The molecule has 8 nitrogen and oxygen atoms in total. The Balaban J connectivity index is 0.975. The molecule has 40 heavy (non-hydrogen) atoms. The number of nitrogens with one attached hydrogen (secondary N) is 1. The normalized spacial score (nSPS) is 21.9. The van der Waals surface area contributed by atoms with Crippen molar-refractivity contribution in [2.75, 3.05) is 13.7 Å². The summed E-state index contributed by atoms with van der Waals surface area (Å²) in [6.07, 6.45) is 7.50. The van der Waals surface area contributed by atoms with Gasteiger partial charge in [0.15, 0.2) is 0 Å². The molecule has 2 heterocycles. The number of hydrogen-bond acceptors (Lipinski definition) is 6. The highest BCUT2D eigenvalue weighted by atomic mass is 16.5. The number of rotatable bonds is 9. The average molecular weight is 542 g/mol. The Morgan fingerprint density at radius 2 is 1.77 bits per heavy atom. The van der Waals surface area contributed by atoms with Crippen LogP contribution < -0.4 is 19.5 Å². The molecule has 0 atom stereocenters. The minimum absolute atomic E-state index is 0.108. The van der Waals surface area contributed by atoms with E-state index in [2.05, 4.69) is 28.6 Å². The van der Waals surface area contributed by atoms with Gasteiger partial charge in [-0.1, -0.05) is 24.3 Å². The quantitative estimate of drug-likeness (QED) is 0.300. The molecule has 0 unspecified atom stereocenters. The summed E-state index contributed by atoms with van der Waals surface area (Å²) in [6.45, 7) is 3.54. The molecule has 0 saturated heterocycles. The van der Waals surface area contributed by atoms with Crippen LogP contribution in [0.1, 0.15) is 49.9 Å². The van der Waals surface area contributed by atoms with Crippen LogP contribution in [-0.2, 0) is 0 Å². The lowest BCUT2D eigenvalue weighted by Crippen LogP contribution is -2.58. The molecule has 6 rings (SSSR count). The number of hydrogen-bond donors (Lipinski definition) is 2. The van der Waals surface area contributed by atoms with Crippen LogP contribution in [0.4, 0.5) is 0 Å². The van der Waals surface area contributed by atoms with Gasteiger partial charge >= 0.3 is 0 Å². The monoisotopic (exact) mass is 541 g/mol. The molecule has 2 N–H and O–H groups in total. The van der Waals surface area contributed by atoms with Crippen molar-refractivity contribution in [2.45, 2.75) is 57.3 Å². The summed E-state index contributed by atoms with van der Waals surface area (Å²) in [5.74, 6) is 2.20. The molecule has 0 radical (unpaired) electrons. The Bertz CT molecular complexity index is 1510. The lowest BCUT2D eigenvalue weighted by Gasteiger charge is -2.57. The van der Waals surface area contributed by atoms with Crippen LogP contribution in [0.15, 0.2) is 73.1 Å². The second-order valence-electron chi connectivity index (χ2n) is 11.8. The number of ether oxygens (including phenoxy) is 3. The van der Waals surface area contributed by atoms with E-state index in [0.29, 0.717) is 11.3 Å². The third kappa shape index (κ3) is 5.49. The molecule has 2 fully saturated rings. The van der Waals surface area contributed by atoms with E-state index in [0.717, 1.165) is 53.8 Å². The van der Waals surface area contributed by atoms with Crippen molar-refractivity contribution in [3.05, 3.63) is 78.6 Å². The number of nitrogens with zero attached hydrogens (tertiary/aromatic N) is 2. The van der Waals surface area contributed by atoms with Gasteiger partial charge in [0.05, 0.1) is 42.3 Å². The van der Waals surface area contributed by atoms with Crippen molar-refractivity contribution < 1.29 is 24.1 Å². The van der Waals surface area contributed by atoms with Gasteiger partial charge in [0.1, 0.15) is 23.9 Å². The molecule has 1 spiro atoms. The van der Waals surface area contributed by atoms with Gasteiger partial charge in [-0.05, 0) is 92.5 Å². The molecule has 1 amide bonds. The summed E-state index contributed by atoms with van der Waals surface area (Å²) in [6, 6.07) is 20.0. The maximum Gasteiger partial charge on any atom is 0.255 e. The van der Waals surface area contributed by atoms with Gasteiger partial charge in [-0.15, -0.1) is 0 Å². The SMILES string of the molecule is COc1cccc(-c2ccc(OC3CC4(CC(NC(=O)c5cnn6cc(OCC(C)(C)O)ccc56)C4)C3)cc2)c1. The van der Waals surface area contributed by atoms with Gasteiger partial charge in [-0.2, -0.15) is 5.10 Å². The number of carbonyl (C=O) groups excluding carboxylic acids is 1. The predicted molar refractivity (Wildman–Crippen MR) is 152 cm³/mol. The first-order valence-corrected chi connectivity index (χ1v) is 13.7. The molecule has 208 valence electrons. The molecular formula is C32H35N3O5. The Morgan fingerprint density at radius 3 is 2.50 bits per heavy atom. The molecule has 2 aromatic heterocycles. The van der Waals surface area contributed by atoms with E-state index >= 15 is 0 Å². The molecule has 4 aromatic rings. The van der Waals surface area contributed by atoms with Crippen molar-refractivity contribution in [3.8, 4) is 28.4 Å². The molecule has 0 aliphatic heterocycles. The van der Waals surface area contributed by atoms with Gasteiger partial charge in [0.25, 0.3) is 5.91 Å². The first-order valence-electron chi connectivity index (χ1n) is 13.7. The number of carbonyl (C=O) groups is 1. The molecule has 2 aliphatic carbocycles. The van der Waals surface area contributed by atoms with Crippen LogP contribution in [-0.4, -0.2) is 52.1 Å². The molecule has 2 saturated carbocycles. The van der Waals surface area contributed by atoms with Crippen LogP contribution in [0.3, 0.4) is 0 Å². The number of fused-ring (bicyclic) bond motifs is 1. The van der Waals surface area contributed by atoms with Crippen LogP contribution in [0, 0.1) is 5.41 Å². The molecule has 2 aliphatic rings. The van der Waals surface area contributed by atoms with Crippen molar-refractivity contribution in [3.63, 3.8) is 0 Å². The minimum Gasteiger partial charge on any atom is -0.497 e. The first kappa shape index (κ1) is 26.2. The summed E-state index contributed by atoms with van der Waals surface area (Å²) in [5.41, 5.74) is 2.84. The van der Waals surface area contributed by atoms with Crippen LogP contribution in [0.25, 0.3) is 16.6 Å². The second kappa shape index (κ2) is 10.2. The largest absolute Gasteiger partial charge is 0.497 e. The van der Waals surface area contributed by atoms with Gasteiger partial charge in [0, 0.05) is 6.04 Å². The Labute approximate surface area is 233 Å². The fraction of sp³-hybridized carbons (Fsp3) is 0.375. The third-order valence-electron chi connectivity index (χ3n) is 7.90. The smallest absolute Gasteiger partial charge is 0.255 e. The second-order valence-corrected chi connectivity index (χ2v) is 11.8. The number of amides is 1. The number of pyridine rings is 1. The maximum atomic E-state index is 13.0. The van der Waals surface area contributed by atoms with E-state index in [1.54, 1.807) is 43.9 Å². The Hall–Kier alpha value is -4.04. The maximum absolute atomic E-state index is 13.0. The van der Waals surface area contributed by atoms with Crippen LogP contribution in [0.5, 0.6) is 17.2 Å². The zero-order valence-corrected chi connectivity index (χ0v) is 23.1. The fourth-order valence-electron chi connectivity index (χ4n) is 5.88. The van der Waals surface area contributed by atoms with Crippen molar-refractivity contribution >= 4 is 11.4 Å². The number of methoxy groups -OCH3 is 1. The Kier molecular flexibility index (Phi) is 6.66. The summed E-state index contributed by atoms with van der Waals surface area (Å²) in [5, 5.41) is 17.4. The zero-order valence-electron chi connectivity index (χ0n) is 23.1. The molecule has 0 bridgehead atoms. The fourth-order valence-corrected chi connectivity index (χ4v) is 5.88. The van der Waals surface area contributed by atoms with Gasteiger partial charge < -0.3 is 24.6 Å². The average Bonchev–Trinajstić information content (AvgIpc) is 3.33. The molecule has 2 aromatic carbocycles. The number of benzene rings is 2. The highest BCUT2D eigenvalue weighted by Gasteiger charge is 2.54. The van der Waals surface area contributed by atoms with E-state index in [-0.39, 0.29) is 30.1 Å². The van der Waals surface area contributed by atoms with E-state index < -0.39 is 5.60 Å². The highest BCUT2D eigenvalue weighted by Crippen LogP contribution is 2.56. The van der Waals surface area contributed by atoms with Gasteiger partial charge in [0.2, 0.25) is 0 Å². The Morgan fingerprint density at radius 1 is 1.02 bits per heavy atom. The highest BCUT2D eigenvalue weighted by molar-refractivity contribution is 6.00. The van der Waals surface area contributed by atoms with Crippen LogP contribution >= 0.6 is 0 Å². The number of aliphatic hydroxyl groups is 1. The third-order valence-corrected chi connectivity index (χ3v) is 7.90. The van der Waals surface area contributed by atoms with Crippen molar-refractivity contribution in [1.82, 2.24) is 14.9 Å². The van der Waals surface area contributed by atoms with E-state index in [1.165, 1.54) is 0 Å². The standard InChI is InChI=1S/C32H35N3O5/c1-31(2,37)20-39-26-11-12-29-28(18-33-35(29)19-26)30(36)34-23-14-32(15-23)16-27(17-32)40-24-9-7-21(8-10-24)22-5-4-6-25(13-22)38-3/h4-13,18-19,23,27,37H,14-17,20H2,1-3H3,(H,34,36). The van der Waals surface area contributed by atoms with E-state index in [4.69, 9.17) is 14.2 Å². The first-order chi connectivity index (χ1) is 19.2. The lowest BCUT2D eigenvalue weighted by molar-refractivity contribution is -0.0833.